The van der Waals surface area contributed by atoms with Gasteiger partial charge in [-0.15, -0.1) is 0 Å². The van der Waals surface area contributed by atoms with Gasteiger partial charge in [-0.2, -0.15) is 0 Å². The molecule has 1 aromatic heterocycles. The molecule has 2 heterocycles. The second-order valence-electron chi connectivity index (χ2n) is 4.73. The zero-order chi connectivity index (χ0) is 11.4. The maximum absolute atomic E-state index is 10.4. The van der Waals surface area contributed by atoms with Crippen LogP contribution in [-0.2, 0) is 6.54 Å². The van der Waals surface area contributed by atoms with Crippen LogP contribution in [0.2, 0.25) is 0 Å². The smallest absolute Gasteiger partial charge is 0.117 e. The summed E-state index contributed by atoms with van der Waals surface area (Å²) in [5, 5.41) is 13.6. The fourth-order valence-electron chi connectivity index (χ4n) is 2.28. The van der Waals surface area contributed by atoms with Crippen molar-refractivity contribution >= 4 is 0 Å². The molecule has 0 unspecified atom stereocenters. The Morgan fingerprint density at radius 2 is 2.25 bits per heavy atom. The van der Waals surface area contributed by atoms with Gasteiger partial charge in [0.25, 0.3) is 0 Å². The minimum absolute atomic E-state index is 0.535. The number of furan rings is 1. The van der Waals surface area contributed by atoms with Crippen molar-refractivity contribution in [3.05, 3.63) is 24.2 Å². The van der Waals surface area contributed by atoms with Crippen LogP contribution in [0, 0.1) is 0 Å². The van der Waals surface area contributed by atoms with Crippen molar-refractivity contribution in [3.63, 3.8) is 0 Å². The molecule has 0 aliphatic carbocycles. The van der Waals surface area contributed by atoms with E-state index in [1.807, 2.05) is 19.2 Å². The van der Waals surface area contributed by atoms with Gasteiger partial charge in [-0.25, -0.2) is 0 Å². The lowest BCUT2D eigenvalue weighted by Gasteiger charge is -2.35. The Kier molecular flexibility index (Phi) is 3.63. The Balaban J connectivity index is 1.84. The zero-order valence-electron chi connectivity index (χ0n) is 9.78. The first-order valence-corrected chi connectivity index (χ1v) is 5.82. The summed E-state index contributed by atoms with van der Waals surface area (Å²) in [6, 6.07) is 3.85. The highest BCUT2D eigenvalue weighted by Crippen LogP contribution is 2.19. The Hall–Kier alpha value is -0.840. The fourth-order valence-corrected chi connectivity index (χ4v) is 2.28. The molecule has 4 heteroatoms. The lowest BCUT2D eigenvalue weighted by atomic mass is 9.92. The van der Waals surface area contributed by atoms with Crippen molar-refractivity contribution in [2.45, 2.75) is 25.0 Å². The summed E-state index contributed by atoms with van der Waals surface area (Å²) in [7, 11) is 2.02. The number of hydrogen-bond acceptors (Lipinski definition) is 4. The largest absolute Gasteiger partial charge is 0.468 e. The van der Waals surface area contributed by atoms with Gasteiger partial charge in [-0.05, 0) is 45.1 Å². The third-order valence-corrected chi connectivity index (χ3v) is 3.10. The molecule has 1 aliphatic rings. The molecule has 0 atom stereocenters. The molecule has 2 rings (SSSR count). The second-order valence-corrected chi connectivity index (χ2v) is 4.73. The average Bonchev–Trinajstić information content (AvgIpc) is 2.70. The molecule has 16 heavy (non-hydrogen) atoms. The van der Waals surface area contributed by atoms with E-state index in [4.69, 9.17) is 4.42 Å². The SMILES string of the molecule is CN(Cc1ccco1)CC1(O)CCNCC1. The van der Waals surface area contributed by atoms with Crippen LogP contribution in [0.3, 0.4) is 0 Å². The van der Waals surface area contributed by atoms with Gasteiger partial charge in [0.1, 0.15) is 5.76 Å². The summed E-state index contributed by atoms with van der Waals surface area (Å²) in [4.78, 5) is 2.12. The van der Waals surface area contributed by atoms with Gasteiger partial charge in [0.2, 0.25) is 0 Å². The summed E-state index contributed by atoms with van der Waals surface area (Å²) < 4.78 is 5.29. The van der Waals surface area contributed by atoms with Crippen molar-refractivity contribution < 1.29 is 9.52 Å². The number of nitrogens with one attached hydrogen (secondary N) is 1. The molecule has 4 nitrogen and oxygen atoms in total. The molecule has 0 aromatic carbocycles. The molecule has 1 aromatic rings. The Bertz CT molecular complexity index is 305. The zero-order valence-corrected chi connectivity index (χ0v) is 9.78. The van der Waals surface area contributed by atoms with E-state index in [1.54, 1.807) is 6.26 Å². The van der Waals surface area contributed by atoms with Crippen molar-refractivity contribution in [2.24, 2.45) is 0 Å². The molecule has 0 saturated carbocycles. The second kappa shape index (κ2) is 4.99. The van der Waals surface area contributed by atoms with Crippen LogP contribution in [0.1, 0.15) is 18.6 Å². The van der Waals surface area contributed by atoms with Crippen LogP contribution >= 0.6 is 0 Å². The molecular weight excluding hydrogens is 204 g/mol. The first-order valence-electron chi connectivity index (χ1n) is 5.82. The van der Waals surface area contributed by atoms with E-state index in [1.165, 1.54) is 0 Å². The van der Waals surface area contributed by atoms with Crippen molar-refractivity contribution in [1.29, 1.82) is 0 Å². The van der Waals surface area contributed by atoms with E-state index in [9.17, 15) is 5.11 Å². The van der Waals surface area contributed by atoms with Crippen molar-refractivity contribution in [3.8, 4) is 0 Å². The van der Waals surface area contributed by atoms with Crippen LogP contribution in [0.15, 0.2) is 22.8 Å². The van der Waals surface area contributed by atoms with Gasteiger partial charge in [0.15, 0.2) is 0 Å². The number of aliphatic hydroxyl groups is 1. The molecule has 0 bridgehead atoms. The van der Waals surface area contributed by atoms with Crippen LogP contribution in [0.5, 0.6) is 0 Å². The summed E-state index contributed by atoms with van der Waals surface area (Å²) in [6.45, 7) is 3.27. The fraction of sp³-hybridized carbons (Fsp3) is 0.667. The number of rotatable bonds is 4. The van der Waals surface area contributed by atoms with E-state index in [2.05, 4.69) is 10.2 Å². The van der Waals surface area contributed by atoms with E-state index in [0.29, 0.717) is 6.54 Å². The summed E-state index contributed by atoms with van der Waals surface area (Å²) in [6.07, 6.45) is 3.34. The van der Waals surface area contributed by atoms with Crippen LogP contribution in [-0.4, -0.2) is 42.3 Å². The molecule has 0 amide bonds. The highest BCUT2D eigenvalue weighted by molar-refractivity contribution is 4.98. The van der Waals surface area contributed by atoms with Gasteiger partial charge < -0.3 is 14.8 Å². The molecule has 1 saturated heterocycles. The average molecular weight is 224 g/mol. The highest BCUT2D eigenvalue weighted by Gasteiger charge is 2.30. The van der Waals surface area contributed by atoms with Crippen LogP contribution < -0.4 is 5.32 Å². The third-order valence-electron chi connectivity index (χ3n) is 3.10. The third kappa shape index (κ3) is 3.07. The molecule has 1 fully saturated rings. The Morgan fingerprint density at radius 1 is 1.50 bits per heavy atom. The standard InChI is InChI=1S/C12H20N2O2/c1-14(9-11-3-2-8-16-11)10-12(15)4-6-13-7-5-12/h2-3,8,13,15H,4-7,9-10H2,1H3. The van der Waals surface area contributed by atoms with E-state index in [-0.39, 0.29) is 0 Å². The van der Waals surface area contributed by atoms with Crippen molar-refractivity contribution in [2.75, 3.05) is 26.7 Å². The number of likely N-dealkylation sites (N-methyl/N-ethyl adjacent to an activating group) is 1. The first kappa shape index (κ1) is 11.6. The summed E-state index contributed by atoms with van der Waals surface area (Å²) in [5.74, 6) is 0.944. The molecular formula is C12H20N2O2. The monoisotopic (exact) mass is 224 g/mol. The lowest BCUT2D eigenvalue weighted by Crippen LogP contribution is -2.48. The van der Waals surface area contributed by atoms with E-state index in [0.717, 1.165) is 38.2 Å². The van der Waals surface area contributed by atoms with Gasteiger partial charge >= 0.3 is 0 Å². The van der Waals surface area contributed by atoms with E-state index < -0.39 is 5.60 Å². The number of hydrogen-bond donors (Lipinski definition) is 2. The Labute approximate surface area is 96.2 Å². The minimum atomic E-state index is -0.535. The minimum Gasteiger partial charge on any atom is -0.468 e. The molecule has 0 spiro atoms. The normalized spacial score (nSPS) is 20.2. The predicted molar refractivity (Wildman–Crippen MR) is 62.1 cm³/mol. The predicted octanol–water partition coefficient (Wildman–Crippen LogP) is 0.826. The quantitative estimate of drug-likeness (QED) is 0.795. The van der Waals surface area contributed by atoms with Gasteiger partial charge in [0.05, 0.1) is 18.4 Å². The molecule has 1 aliphatic heterocycles. The van der Waals surface area contributed by atoms with E-state index >= 15 is 0 Å². The number of nitrogens with zero attached hydrogens (tertiary/aromatic N) is 1. The van der Waals surface area contributed by atoms with Crippen LogP contribution in [0.4, 0.5) is 0 Å². The van der Waals surface area contributed by atoms with Crippen molar-refractivity contribution in [1.82, 2.24) is 10.2 Å². The summed E-state index contributed by atoms with van der Waals surface area (Å²) in [5.41, 5.74) is -0.535. The molecule has 2 N–H and O–H groups in total. The first-order chi connectivity index (χ1) is 7.68. The van der Waals surface area contributed by atoms with Gasteiger partial charge in [-0.1, -0.05) is 0 Å². The highest BCUT2D eigenvalue weighted by atomic mass is 16.3. The molecule has 0 radical (unpaired) electrons. The number of piperidine rings is 1. The maximum atomic E-state index is 10.4. The van der Waals surface area contributed by atoms with Gasteiger partial charge in [0, 0.05) is 6.54 Å². The molecule has 90 valence electrons. The Morgan fingerprint density at radius 3 is 2.88 bits per heavy atom. The maximum Gasteiger partial charge on any atom is 0.117 e. The van der Waals surface area contributed by atoms with Gasteiger partial charge in [-0.3, -0.25) is 4.90 Å². The lowest BCUT2D eigenvalue weighted by molar-refractivity contribution is -0.0178. The topological polar surface area (TPSA) is 48.6 Å². The summed E-state index contributed by atoms with van der Waals surface area (Å²) >= 11 is 0. The van der Waals surface area contributed by atoms with Crippen LogP contribution in [0.25, 0.3) is 0 Å².